The minimum atomic E-state index is -0.965. The van der Waals surface area contributed by atoms with E-state index < -0.39 is 5.97 Å². The summed E-state index contributed by atoms with van der Waals surface area (Å²) in [7, 11) is 0. The molecule has 2 aliphatic heterocycles. The molecule has 0 radical (unpaired) electrons. The fraction of sp³-hybridized carbons (Fsp3) is 0.263. The Kier molecular flexibility index (Phi) is 4.20. The second kappa shape index (κ2) is 6.67. The molecule has 3 heterocycles. The zero-order valence-corrected chi connectivity index (χ0v) is 14.2. The summed E-state index contributed by atoms with van der Waals surface area (Å²) < 4.78 is 13.3. The van der Waals surface area contributed by atoms with Gasteiger partial charge in [0.1, 0.15) is 5.82 Å². The lowest BCUT2D eigenvalue weighted by Gasteiger charge is -2.23. The van der Waals surface area contributed by atoms with Gasteiger partial charge < -0.3 is 20.2 Å². The zero-order chi connectivity index (χ0) is 18.1. The normalized spacial score (nSPS) is 15.7. The third-order valence-electron chi connectivity index (χ3n) is 4.76. The van der Waals surface area contributed by atoms with Crippen molar-refractivity contribution in [2.24, 2.45) is 0 Å². The molecular formula is C19H19FN4O2. The van der Waals surface area contributed by atoms with E-state index in [9.17, 15) is 9.18 Å². The quantitative estimate of drug-likeness (QED) is 0.858. The topological polar surface area (TPSA) is 68.7 Å². The number of fused-ring (bicyclic) bond motifs is 1. The summed E-state index contributed by atoms with van der Waals surface area (Å²) in [5.41, 5.74) is 3.83. The van der Waals surface area contributed by atoms with Crippen LogP contribution in [0.3, 0.4) is 0 Å². The number of benzene rings is 1. The average Bonchev–Trinajstić information content (AvgIpc) is 3.26. The molecule has 6 nitrogen and oxygen atoms in total. The lowest BCUT2D eigenvalue weighted by molar-refractivity contribution is 0.0696. The molecule has 134 valence electrons. The van der Waals surface area contributed by atoms with Crippen molar-refractivity contribution in [3.8, 4) is 0 Å². The Morgan fingerprint density at radius 1 is 1.27 bits per heavy atom. The van der Waals surface area contributed by atoms with E-state index >= 15 is 0 Å². The number of anilines is 1. The number of hydrogen-bond donors (Lipinski definition) is 2. The van der Waals surface area contributed by atoms with Crippen LogP contribution in [0.1, 0.15) is 21.6 Å². The van der Waals surface area contributed by atoms with Crippen molar-refractivity contribution in [1.29, 1.82) is 0 Å². The van der Waals surface area contributed by atoms with Gasteiger partial charge in [0.2, 0.25) is 0 Å². The number of nitrogens with zero attached hydrogens (tertiary/aromatic N) is 3. The number of aromatic carboxylic acids is 1. The number of carboxylic acids is 1. The van der Waals surface area contributed by atoms with E-state index in [0.717, 1.165) is 43.0 Å². The maximum Gasteiger partial charge on any atom is 0.335 e. The van der Waals surface area contributed by atoms with Gasteiger partial charge in [-0.2, -0.15) is 0 Å². The lowest BCUT2D eigenvalue weighted by Crippen LogP contribution is -2.32. The van der Waals surface area contributed by atoms with E-state index in [1.54, 1.807) is 12.1 Å². The van der Waals surface area contributed by atoms with Crippen LogP contribution in [0.4, 0.5) is 10.1 Å². The standard InChI is InChI=1S/C19H19FN4O2/c20-15-1-2-18-13(9-15)4-6-24(18)8-7-23-11-17(22-12-23)16-10-14(19(25)26)3-5-21-16/h1-3,5,9-11,22H,4,6-8,12H2,(H,25,26). The van der Waals surface area contributed by atoms with Crippen LogP contribution in [0.15, 0.2) is 42.7 Å². The molecule has 0 spiro atoms. The molecule has 0 fully saturated rings. The van der Waals surface area contributed by atoms with E-state index in [4.69, 9.17) is 5.11 Å². The van der Waals surface area contributed by atoms with E-state index in [1.165, 1.54) is 18.3 Å². The highest BCUT2D eigenvalue weighted by molar-refractivity contribution is 5.88. The van der Waals surface area contributed by atoms with Crippen LogP contribution in [-0.4, -0.2) is 47.3 Å². The summed E-state index contributed by atoms with van der Waals surface area (Å²) in [6, 6.07) is 8.02. The lowest BCUT2D eigenvalue weighted by atomic mass is 10.2. The highest BCUT2D eigenvalue weighted by atomic mass is 19.1. The molecule has 2 aromatic rings. The minimum Gasteiger partial charge on any atom is -0.478 e. The number of carboxylic acid groups (broad SMARTS) is 1. The SMILES string of the molecule is O=C(O)c1ccnc(C2=CN(CCN3CCc4cc(F)ccc43)CN2)c1. The summed E-state index contributed by atoms with van der Waals surface area (Å²) in [5, 5.41) is 12.4. The highest BCUT2D eigenvalue weighted by Gasteiger charge is 2.21. The molecule has 0 amide bonds. The molecule has 26 heavy (non-hydrogen) atoms. The van der Waals surface area contributed by atoms with Crippen LogP contribution in [0.5, 0.6) is 0 Å². The van der Waals surface area contributed by atoms with Gasteiger partial charge in [0.15, 0.2) is 0 Å². The molecule has 0 atom stereocenters. The van der Waals surface area contributed by atoms with Crippen molar-refractivity contribution in [3.63, 3.8) is 0 Å². The Morgan fingerprint density at radius 3 is 3.00 bits per heavy atom. The van der Waals surface area contributed by atoms with Crippen molar-refractivity contribution in [1.82, 2.24) is 15.2 Å². The van der Waals surface area contributed by atoms with Crippen molar-refractivity contribution in [3.05, 3.63) is 65.4 Å². The van der Waals surface area contributed by atoms with Crippen molar-refractivity contribution < 1.29 is 14.3 Å². The fourth-order valence-electron chi connectivity index (χ4n) is 3.39. The number of pyridine rings is 1. The number of hydrogen-bond acceptors (Lipinski definition) is 5. The first kappa shape index (κ1) is 16.4. The van der Waals surface area contributed by atoms with Gasteiger partial charge in [0.25, 0.3) is 0 Å². The van der Waals surface area contributed by atoms with Gasteiger partial charge in [-0.05, 0) is 42.3 Å². The molecule has 7 heteroatoms. The number of rotatable bonds is 5. The number of carbonyl (C=O) groups is 1. The van der Waals surface area contributed by atoms with Crippen LogP contribution in [0, 0.1) is 5.82 Å². The van der Waals surface area contributed by atoms with E-state index in [0.29, 0.717) is 12.4 Å². The van der Waals surface area contributed by atoms with Crippen LogP contribution < -0.4 is 10.2 Å². The first-order valence-corrected chi connectivity index (χ1v) is 8.53. The molecule has 2 aliphatic rings. The van der Waals surface area contributed by atoms with E-state index in [2.05, 4.69) is 20.1 Å². The summed E-state index contributed by atoms with van der Waals surface area (Å²) in [6.07, 6.45) is 4.35. The molecule has 1 aromatic heterocycles. The predicted molar refractivity (Wildman–Crippen MR) is 96.2 cm³/mol. The molecule has 0 saturated heterocycles. The first-order chi connectivity index (χ1) is 12.6. The van der Waals surface area contributed by atoms with Gasteiger partial charge in [0, 0.05) is 37.7 Å². The van der Waals surface area contributed by atoms with Gasteiger partial charge in [0.05, 0.1) is 23.6 Å². The van der Waals surface area contributed by atoms with Crippen molar-refractivity contribution in [2.45, 2.75) is 6.42 Å². The van der Waals surface area contributed by atoms with E-state index in [-0.39, 0.29) is 11.4 Å². The Balaban J connectivity index is 1.41. The monoisotopic (exact) mass is 354 g/mol. The average molecular weight is 354 g/mol. The largest absolute Gasteiger partial charge is 0.478 e. The van der Waals surface area contributed by atoms with Crippen LogP contribution >= 0.6 is 0 Å². The first-order valence-electron chi connectivity index (χ1n) is 8.53. The highest BCUT2D eigenvalue weighted by Crippen LogP contribution is 2.28. The summed E-state index contributed by atoms with van der Waals surface area (Å²) in [6.45, 7) is 3.20. The molecule has 0 aliphatic carbocycles. The molecule has 0 unspecified atom stereocenters. The van der Waals surface area contributed by atoms with Gasteiger partial charge in [-0.1, -0.05) is 0 Å². The van der Waals surface area contributed by atoms with Gasteiger partial charge in [-0.3, -0.25) is 4.98 Å². The van der Waals surface area contributed by atoms with Crippen molar-refractivity contribution >= 4 is 17.4 Å². The molecule has 0 saturated carbocycles. The number of aromatic nitrogens is 1. The summed E-state index contributed by atoms with van der Waals surface area (Å²) >= 11 is 0. The van der Waals surface area contributed by atoms with Gasteiger partial charge in [-0.15, -0.1) is 0 Å². The van der Waals surface area contributed by atoms with E-state index in [1.807, 2.05) is 12.3 Å². The van der Waals surface area contributed by atoms with Gasteiger partial charge >= 0.3 is 5.97 Å². The predicted octanol–water partition coefficient (Wildman–Crippen LogP) is 2.14. The maximum absolute atomic E-state index is 13.3. The smallest absolute Gasteiger partial charge is 0.335 e. The second-order valence-corrected chi connectivity index (χ2v) is 6.44. The molecule has 4 rings (SSSR count). The Labute approximate surface area is 150 Å². The Bertz CT molecular complexity index is 884. The zero-order valence-electron chi connectivity index (χ0n) is 14.2. The van der Waals surface area contributed by atoms with Crippen LogP contribution in [-0.2, 0) is 6.42 Å². The second-order valence-electron chi connectivity index (χ2n) is 6.44. The fourth-order valence-corrected chi connectivity index (χ4v) is 3.39. The Morgan fingerprint density at radius 2 is 2.15 bits per heavy atom. The molecular weight excluding hydrogens is 335 g/mol. The maximum atomic E-state index is 13.3. The summed E-state index contributed by atoms with van der Waals surface area (Å²) in [4.78, 5) is 19.7. The van der Waals surface area contributed by atoms with Crippen LogP contribution in [0.25, 0.3) is 5.70 Å². The number of halogens is 1. The third-order valence-corrected chi connectivity index (χ3v) is 4.76. The Hall–Kier alpha value is -3.09. The molecule has 1 aromatic carbocycles. The number of nitrogens with one attached hydrogen (secondary N) is 1. The summed E-state index contributed by atoms with van der Waals surface area (Å²) in [5.74, 6) is -1.15. The third kappa shape index (κ3) is 3.20. The van der Waals surface area contributed by atoms with Crippen LogP contribution in [0.2, 0.25) is 0 Å². The minimum absolute atomic E-state index is 0.182. The molecule has 2 N–H and O–H groups in total. The van der Waals surface area contributed by atoms with Gasteiger partial charge in [-0.25, -0.2) is 9.18 Å². The van der Waals surface area contributed by atoms with Crippen molar-refractivity contribution in [2.75, 3.05) is 31.2 Å². The molecule has 0 bridgehead atoms.